The number of carbonyl (C=O) groups excluding carboxylic acids is 1. The van der Waals surface area contributed by atoms with Crippen molar-refractivity contribution in [2.45, 2.75) is 25.5 Å². The predicted molar refractivity (Wildman–Crippen MR) is 111 cm³/mol. The normalized spacial score (nSPS) is 10.7. The molecule has 0 spiro atoms. The van der Waals surface area contributed by atoms with E-state index in [2.05, 4.69) is 22.9 Å². The van der Waals surface area contributed by atoms with Gasteiger partial charge in [-0.1, -0.05) is 36.0 Å². The summed E-state index contributed by atoms with van der Waals surface area (Å²) in [6.45, 7) is 8.04. The average Bonchev–Trinajstić information content (AvgIpc) is 2.62. The van der Waals surface area contributed by atoms with Crippen molar-refractivity contribution >= 4 is 34.3 Å². The maximum atomic E-state index is 12.7. The number of benzene rings is 2. The number of carbonyl (C=O) groups is 1. The summed E-state index contributed by atoms with van der Waals surface area (Å²) in [7, 11) is 0. The highest BCUT2D eigenvalue weighted by molar-refractivity contribution is 7.99. The van der Waals surface area contributed by atoms with Crippen LogP contribution in [0.15, 0.2) is 65.1 Å². The van der Waals surface area contributed by atoms with Gasteiger partial charge in [0.2, 0.25) is 5.91 Å². The molecule has 3 rings (SSSR count). The van der Waals surface area contributed by atoms with Crippen LogP contribution in [0.2, 0.25) is 0 Å². The van der Waals surface area contributed by atoms with Gasteiger partial charge in [-0.2, -0.15) is 0 Å². The Labute approximate surface area is 162 Å². The van der Waals surface area contributed by atoms with Gasteiger partial charge in [-0.05, 0) is 49.2 Å². The van der Waals surface area contributed by atoms with Gasteiger partial charge in [-0.25, -0.2) is 4.98 Å². The number of hydrogen-bond acceptors (Lipinski definition) is 4. The largest absolute Gasteiger partial charge is 0.325 e. The maximum absolute atomic E-state index is 12.7. The molecule has 0 aliphatic carbocycles. The molecule has 3 aromatic rings. The Bertz CT molecular complexity index is 1050. The molecule has 1 N–H and O–H groups in total. The molecule has 5 nitrogen and oxygen atoms in total. The lowest BCUT2D eigenvalue weighted by Gasteiger charge is -2.12. The third kappa shape index (κ3) is 4.46. The summed E-state index contributed by atoms with van der Waals surface area (Å²) in [5, 5.41) is 3.97. The van der Waals surface area contributed by atoms with Crippen LogP contribution in [0.1, 0.15) is 11.1 Å². The zero-order valence-electron chi connectivity index (χ0n) is 15.4. The number of aromatic nitrogens is 2. The number of para-hydroxylation sites is 1. The molecular formula is C21H21N3O2S. The topological polar surface area (TPSA) is 64.0 Å². The van der Waals surface area contributed by atoms with Crippen LogP contribution in [0.3, 0.4) is 0 Å². The van der Waals surface area contributed by atoms with Crippen LogP contribution in [0.25, 0.3) is 10.9 Å². The quantitative estimate of drug-likeness (QED) is 0.400. The molecular weight excluding hydrogens is 358 g/mol. The van der Waals surface area contributed by atoms with Crippen molar-refractivity contribution in [2.24, 2.45) is 0 Å². The lowest BCUT2D eigenvalue weighted by Crippen LogP contribution is -2.23. The van der Waals surface area contributed by atoms with Crippen LogP contribution in [0.5, 0.6) is 0 Å². The highest BCUT2D eigenvalue weighted by Gasteiger charge is 2.12. The van der Waals surface area contributed by atoms with Crippen molar-refractivity contribution in [3.05, 3.63) is 76.6 Å². The minimum atomic E-state index is -0.141. The van der Waals surface area contributed by atoms with Gasteiger partial charge in [-0.15, -0.1) is 6.58 Å². The molecule has 0 saturated carbocycles. The first-order chi connectivity index (χ1) is 13.0. The first-order valence-corrected chi connectivity index (χ1v) is 9.58. The Kier molecular flexibility index (Phi) is 5.76. The first kappa shape index (κ1) is 18.9. The van der Waals surface area contributed by atoms with Crippen LogP contribution in [0.4, 0.5) is 5.69 Å². The number of amides is 1. The minimum absolute atomic E-state index is 0.127. The Hall–Kier alpha value is -2.86. The fourth-order valence-corrected chi connectivity index (χ4v) is 3.73. The maximum Gasteiger partial charge on any atom is 0.262 e. The number of aryl methyl sites for hydroxylation is 2. The molecule has 0 bridgehead atoms. The Morgan fingerprint density at radius 2 is 1.93 bits per heavy atom. The second-order valence-corrected chi connectivity index (χ2v) is 7.27. The standard InChI is InChI=1S/C21H21N3O2S/c1-4-9-24-20(26)17-7-5-6-8-18(17)23-21(24)27-13-19(25)22-16-11-14(2)10-15(3)12-16/h4-8,10-12H,1,9,13H2,2-3H3,(H,22,25). The van der Waals surface area contributed by atoms with E-state index in [9.17, 15) is 9.59 Å². The second kappa shape index (κ2) is 8.22. The number of fused-ring (bicyclic) bond motifs is 1. The van der Waals surface area contributed by atoms with Gasteiger partial charge in [0, 0.05) is 12.2 Å². The number of hydrogen-bond donors (Lipinski definition) is 1. The van der Waals surface area contributed by atoms with Gasteiger partial charge in [0.15, 0.2) is 5.16 Å². The second-order valence-electron chi connectivity index (χ2n) is 6.33. The van der Waals surface area contributed by atoms with E-state index < -0.39 is 0 Å². The Balaban J connectivity index is 1.81. The first-order valence-electron chi connectivity index (χ1n) is 8.59. The summed E-state index contributed by atoms with van der Waals surface area (Å²) in [6, 6.07) is 13.1. The van der Waals surface area contributed by atoms with Gasteiger partial charge < -0.3 is 5.32 Å². The van der Waals surface area contributed by atoms with E-state index in [0.29, 0.717) is 22.6 Å². The van der Waals surface area contributed by atoms with Gasteiger partial charge in [-0.3, -0.25) is 14.2 Å². The van der Waals surface area contributed by atoms with Crippen molar-refractivity contribution < 1.29 is 4.79 Å². The molecule has 0 radical (unpaired) electrons. The van der Waals surface area contributed by atoms with Crippen LogP contribution >= 0.6 is 11.8 Å². The van der Waals surface area contributed by atoms with E-state index in [1.807, 2.05) is 38.1 Å². The summed E-state index contributed by atoms with van der Waals surface area (Å²) in [6.07, 6.45) is 1.65. The van der Waals surface area contributed by atoms with Crippen molar-refractivity contribution in [1.29, 1.82) is 0 Å². The van der Waals surface area contributed by atoms with Crippen LogP contribution < -0.4 is 10.9 Å². The lowest BCUT2D eigenvalue weighted by molar-refractivity contribution is -0.113. The third-order valence-corrected chi connectivity index (χ3v) is 4.95. The Morgan fingerprint density at radius 3 is 2.63 bits per heavy atom. The van der Waals surface area contributed by atoms with Crippen molar-refractivity contribution in [1.82, 2.24) is 9.55 Å². The van der Waals surface area contributed by atoms with Gasteiger partial charge in [0.1, 0.15) is 0 Å². The molecule has 0 aliphatic rings. The molecule has 1 aromatic heterocycles. The minimum Gasteiger partial charge on any atom is -0.325 e. The number of nitrogens with zero attached hydrogens (tertiary/aromatic N) is 2. The molecule has 1 amide bonds. The van der Waals surface area contributed by atoms with Crippen LogP contribution in [-0.4, -0.2) is 21.2 Å². The van der Waals surface area contributed by atoms with E-state index in [1.165, 1.54) is 11.8 Å². The molecule has 0 saturated heterocycles. The van der Waals surface area contributed by atoms with Crippen LogP contribution in [0, 0.1) is 13.8 Å². The van der Waals surface area contributed by atoms with E-state index in [0.717, 1.165) is 16.8 Å². The van der Waals surface area contributed by atoms with Gasteiger partial charge in [0.05, 0.1) is 16.7 Å². The molecule has 0 fully saturated rings. The molecule has 27 heavy (non-hydrogen) atoms. The SMILES string of the molecule is C=CCn1c(SCC(=O)Nc2cc(C)cc(C)c2)nc2ccccc2c1=O. The Morgan fingerprint density at radius 1 is 1.22 bits per heavy atom. The molecule has 0 unspecified atom stereocenters. The van der Waals surface area contributed by atoms with Crippen molar-refractivity contribution in [3.8, 4) is 0 Å². The summed E-state index contributed by atoms with van der Waals surface area (Å²) in [4.78, 5) is 29.6. The number of thioether (sulfide) groups is 1. The zero-order chi connectivity index (χ0) is 19.4. The van der Waals surface area contributed by atoms with Crippen molar-refractivity contribution in [3.63, 3.8) is 0 Å². The predicted octanol–water partition coefficient (Wildman–Crippen LogP) is 3.93. The van der Waals surface area contributed by atoms with Crippen molar-refractivity contribution in [2.75, 3.05) is 11.1 Å². The average molecular weight is 379 g/mol. The molecule has 1 heterocycles. The fraction of sp³-hybridized carbons (Fsp3) is 0.190. The van der Waals surface area contributed by atoms with E-state index in [1.54, 1.807) is 22.8 Å². The number of allylic oxidation sites excluding steroid dienone is 1. The fourth-order valence-electron chi connectivity index (χ4n) is 2.92. The smallest absolute Gasteiger partial charge is 0.262 e. The molecule has 138 valence electrons. The highest BCUT2D eigenvalue weighted by atomic mass is 32.2. The third-order valence-electron chi connectivity index (χ3n) is 3.98. The summed E-state index contributed by atoms with van der Waals surface area (Å²) in [5.41, 5.74) is 3.45. The monoisotopic (exact) mass is 379 g/mol. The summed E-state index contributed by atoms with van der Waals surface area (Å²) >= 11 is 1.24. The summed E-state index contributed by atoms with van der Waals surface area (Å²) < 4.78 is 1.55. The zero-order valence-corrected chi connectivity index (χ0v) is 16.2. The summed E-state index contributed by atoms with van der Waals surface area (Å²) in [5.74, 6) is 0.0205. The van der Waals surface area contributed by atoms with Gasteiger partial charge >= 0.3 is 0 Å². The highest BCUT2D eigenvalue weighted by Crippen LogP contribution is 2.19. The number of anilines is 1. The molecule has 2 aromatic carbocycles. The van der Waals surface area contributed by atoms with E-state index >= 15 is 0 Å². The molecule has 6 heteroatoms. The lowest BCUT2D eigenvalue weighted by atomic mass is 10.1. The molecule has 0 aliphatic heterocycles. The number of rotatable bonds is 6. The molecule has 0 atom stereocenters. The van der Waals surface area contributed by atoms with Gasteiger partial charge in [0.25, 0.3) is 5.56 Å². The van der Waals surface area contributed by atoms with E-state index in [4.69, 9.17) is 0 Å². The van der Waals surface area contributed by atoms with Crippen LogP contribution in [-0.2, 0) is 11.3 Å². The van der Waals surface area contributed by atoms with E-state index in [-0.39, 0.29) is 17.2 Å². The number of nitrogens with one attached hydrogen (secondary N) is 1.